The molecule has 0 fully saturated rings. The minimum absolute atomic E-state index is 0.0459. The fourth-order valence-electron chi connectivity index (χ4n) is 1.84. The van der Waals surface area contributed by atoms with Gasteiger partial charge in [0.1, 0.15) is 5.75 Å². The number of hydrogen-bond donors (Lipinski definition) is 2. The largest absolute Gasteiger partial charge is 0.496 e. The lowest BCUT2D eigenvalue weighted by molar-refractivity contribution is 0.411. The fraction of sp³-hybridized carbons (Fsp3) is 0.538. The van der Waals surface area contributed by atoms with Gasteiger partial charge in [-0.2, -0.15) is 0 Å². The van der Waals surface area contributed by atoms with Crippen LogP contribution in [0.15, 0.2) is 12.1 Å². The van der Waals surface area contributed by atoms with Gasteiger partial charge in [-0.1, -0.05) is 13.0 Å². The van der Waals surface area contributed by atoms with E-state index in [1.807, 2.05) is 6.92 Å². The average Bonchev–Trinajstić information content (AvgIpc) is 2.28. The molecule has 1 rings (SSSR count). The smallest absolute Gasteiger partial charge is 0.122 e. The van der Waals surface area contributed by atoms with Gasteiger partial charge < -0.3 is 15.8 Å². The Morgan fingerprint density at radius 1 is 1.31 bits per heavy atom. The third kappa shape index (κ3) is 2.97. The van der Waals surface area contributed by atoms with Crippen molar-refractivity contribution in [3.05, 3.63) is 28.8 Å². The predicted octanol–water partition coefficient (Wildman–Crippen LogP) is 1.92. The molecule has 0 radical (unpaired) electrons. The summed E-state index contributed by atoms with van der Waals surface area (Å²) in [6, 6.07) is 4.22. The van der Waals surface area contributed by atoms with E-state index in [-0.39, 0.29) is 6.04 Å². The van der Waals surface area contributed by atoms with E-state index in [1.54, 1.807) is 7.11 Å². The third-order valence-corrected chi connectivity index (χ3v) is 2.80. The van der Waals surface area contributed by atoms with Gasteiger partial charge in [0.15, 0.2) is 0 Å². The topological polar surface area (TPSA) is 47.3 Å². The van der Waals surface area contributed by atoms with Crippen molar-refractivity contribution >= 4 is 0 Å². The van der Waals surface area contributed by atoms with Crippen molar-refractivity contribution in [2.45, 2.75) is 26.8 Å². The number of hydrogen-bond acceptors (Lipinski definition) is 3. The third-order valence-electron chi connectivity index (χ3n) is 2.80. The van der Waals surface area contributed by atoms with E-state index >= 15 is 0 Å². The van der Waals surface area contributed by atoms with E-state index < -0.39 is 0 Å². The molecule has 3 N–H and O–H groups in total. The molecule has 16 heavy (non-hydrogen) atoms. The summed E-state index contributed by atoms with van der Waals surface area (Å²) in [6.45, 7) is 7.95. The summed E-state index contributed by atoms with van der Waals surface area (Å²) < 4.78 is 5.29. The van der Waals surface area contributed by atoms with Crippen LogP contribution in [0.25, 0.3) is 0 Å². The molecule has 0 bridgehead atoms. The summed E-state index contributed by atoms with van der Waals surface area (Å²) in [5.41, 5.74) is 9.65. The van der Waals surface area contributed by atoms with Crippen molar-refractivity contribution in [1.82, 2.24) is 5.32 Å². The highest BCUT2D eigenvalue weighted by Gasteiger charge is 2.11. The molecule has 0 spiro atoms. The van der Waals surface area contributed by atoms with E-state index in [9.17, 15) is 0 Å². The lowest BCUT2D eigenvalue weighted by atomic mass is 9.98. The highest BCUT2D eigenvalue weighted by molar-refractivity contribution is 5.42. The number of likely N-dealkylation sites (N-methyl/N-ethyl adjacent to an activating group) is 1. The molecule has 3 heteroatoms. The van der Waals surface area contributed by atoms with Crippen LogP contribution in [-0.2, 0) is 0 Å². The molecule has 1 unspecified atom stereocenters. The number of methoxy groups -OCH3 is 1. The normalized spacial score (nSPS) is 12.6. The van der Waals surface area contributed by atoms with Gasteiger partial charge in [0.2, 0.25) is 0 Å². The van der Waals surface area contributed by atoms with Gasteiger partial charge in [-0.3, -0.25) is 0 Å². The molecular weight excluding hydrogens is 200 g/mol. The first-order chi connectivity index (χ1) is 7.60. The monoisotopic (exact) mass is 222 g/mol. The molecule has 0 aliphatic heterocycles. The highest BCUT2D eigenvalue weighted by atomic mass is 16.5. The zero-order valence-electron chi connectivity index (χ0n) is 10.6. The first kappa shape index (κ1) is 13.0. The maximum Gasteiger partial charge on any atom is 0.122 e. The quantitative estimate of drug-likeness (QED) is 0.800. The van der Waals surface area contributed by atoms with Crippen LogP contribution in [0.3, 0.4) is 0 Å². The maximum atomic E-state index is 6.14. The van der Waals surface area contributed by atoms with Crippen molar-refractivity contribution in [3.8, 4) is 5.75 Å². The first-order valence-electron chi connectivity index (χ1n) is 5.71. The van der Waals surface area contributed by atoms with Crippen LogP contribution in [0.2, 0.25) is 0 Å². The standard InChI is InChI=1S/C13H22N2O/c1-5-15-8-12(14)11-6-10(3)13(16-4)7-9(11)2/h6-7,12,15H,5,8,14H2,1-4H3. The maximum absolute atomic E-state index is 6.14. The molecule has 1 atom stereocenters. The predicted molar refractivity (Wildman–Crippen MR) is 67.9 cm³/mol. The molecule has 3 nitrogen and oxygen atoms in total. The summed E-state index contributed by atoms with van der Waals surface area (Å²) >= 11 is 0. The molecule has 0 saturated carbocycles. The number of nitrogens with two attached hydrogens (primary N) is 1. The van der Waals surface area contributed by atoms with Gasteiger partial charge in [-0.15, -0.1) is 0 Å². The molecule has 0 amide bonds. The second-order valence-corrected chi connectivity index (χ2v) is 4.09. The fourth-order valence-corrected chi connectivity index (χ4v) is 1.84. The zero-order chi connectivity index (χ0) is 12.1. The molecule has 1 aromatic carbocycles. The summed E-state index contributed by atoms with van der Waals surface area (Å²) in [5.74, 6) is 0.928. The Morgan fingerprint density at radius 3 is 2.56 bits per heavy atom. The number of aryl methyl sites for hydroxylation is 2. The van der Waals surface area contributed by atoms with Crippen molar-refractivity contribution in [3.63, 3.8) is 0 Å². The molecule has 0 aliphatic carbocycles. The van der Waals surface area contributed by atoms with Gasteiger partial charge >= 0.3 is 0 Å². The minimum Gasteiger partial charge on any atom is -0.496 e. The lowest BCUT2D eigenvalue weighted by Crippen LogP contribution is -2.27. The van der Waals surface area contributed by atoms with Crippen LogP contribution in [0, 0.1) is 13.8 Å². The molecule has 0 saturated heterocycles. The Morgan fingerprint density at radius 2 is 2.00 bits per heavy atom. The van der Waals surface area contributed by atoms with E-state index in [0.717, 1.165) is 24.4 Å². The van der Waals surface area contributed by atoms with Gasteiger partial charge in [0.05, 0.1) is 7.11 Å². The molecule has 90 valence electrons. The molecule has 0 aliphatic rings. The van der Waals surface area contributed by atoms with Crippen LogP contribution in [-0.4, -0.2) is 20.2 Å². The molecule has 1 aromatic rings. The highest BCUT2D eigenvalue weighted by Crippen LogP contribution is 2.25. The van der Waals surface area contributed by atoms with Crippen LogP contribution in [0.1, 0.15) is 29.7 Å². The Kier molecular flexibility index (Phi) is 4.77. The molecule has 0 heterocycles. The number of benzene rings is 1. The van der Waals surface area contributed by atoms with Gasteiger partial charge in [-0.25, -0.2) is 0 Å². The van der Waals surface area contributed by atoms with Gasteiger partial charge in [0.25, 0.3) is 0 Å². The van der Waals surface area contributed by atoms with Gasteiger partial charge in [-0.05, 0) is 43.1 Å². The van der Waals surface area contributed by atoms with Crippen molar-refractivity contribution in [1.29, 1.82) is 0 Å². The lowest BCUT2D eigenvalue weighted by Gasteiger charge is -2.17. The molecule has 0 aromatic heterocycles. The Hall–Kier alpha value is -1.06. The Bertz CT molecular complexity index is 350. The Balaban J connectivity index is 2.92. The average molecular weight is 222 g/mol. The van der Waals surface area contributed by atoms with Crippen molar-refractivity contribution in [2.24, 2.45) is 5.73 Å². The molecular formula is C13H22N2O. The van der Waals surface area contributed by atoms with Crippen molar-refractivity contribution < 1.29 is 4.74 Å². The Labute approximate surface area is 98.0 Å². The minimum atomic E-state index is 0.0459. The van der Waals surface area contributed by atoms with Gasteiger partial charge in [0, 0.05) is 12.6 Å². The number of ether oxygens (including phenoxy) is 1. The zero-order valence-corrected chi connectivity index (χ0v) is 10.6. The summed E-state index contributed by atoms with van der Waals surface area (Å²) in [4.78, 5) is 0. The van der Waals surface area contributed by atoms with Crippen LogP contribution in [0.4, 0.5) is 0 Å². The van der Waals surface area contributed by atoms with Crippen LogP contribution >= 0.6 is 0 Å². The number of rotatable bonds is 5. The van der Waals surface area contributed by atoms with Crippen LogP contribution in [0.5, 0.6) is 5.75 Å². The first-order valence-corrected chi connectivity index (χ1v) is 5.71. The second kappa shape index (κ2) is 5.87. The second-order valence-electron chi connectivity index (χ2n) is 4.09. The van der Waals surface area contributed by atoms with E-state index in [4.69, 9.17) is 10.5 Å². The summed E-state index contributed by atoms with van der Waals surface area (Å²) in [6.07, 6.45) is 0. The SMILES string of the molecule is CCNCC(N)c1cc(C)c(OC)cc1C. The van der Waals surface area contributed by atoms with Crippen molar-refractivity contribution in [2.75, 3.05) is 20.2 Å². The van der Waals surface area contributed by atoms with E-state index in [1.165, 1.54) is 11.1 Å². The summed E-state index contributed by atoms with van der Waals surface area (Å²) in [7, 11) is 1.69. The number of nitrogens with one attached hydrogen (secondary N) is 1. The van der Waals surface area contributed by atoms with E-state index in [2.05, 4.69) is 31.3 Å². The summed E-state index contributed by atoms with van der Waals surface area (Å²) in [5, 5.41) is 3.27. The van der Waals surface area contributed by atoms with Crippen LogP contribution < -0.4 is 15.8 Å². The van der Waals surface area contributed by atoms with E-state index in [0.29, 0.717) is 0 Å².